The SMILES string of the molecule is NC(=O)OCc1ccc(Oc2ccccc2NCc2ccc(-c3ccccc3)cc2)cc1. The summed E-state index contributed by atoms with van der Waals surface area (Å²) in [5, 5.41) is 3.46. The van der Waals surface area contributed by atoms with E-state index in [4.69, 9.17) is 15.2 Å². The molecule has 32 heavy (non-hydrogen) atoms. The van der Waals surface area contributed by atoms with Crippen molar-refractivity contribution in [3.63, 3.8) is 0 Å². The molecule has 0 aromatic heterocycles. The minimum Gasteiger partial charge on any atom is -0.455 e. The van der Waals surface area contributed by atoms with Crippen LogP contribution in [-0.4, -0.2) is 6.09 Å². The summed E-state index contributed by atoms with van der Waals surface area (Å²) in [6, 6.07) is 34.0. The van der Waals surface area contributed by atoms with Crippen molar-refractivity contribution in [2.45, 2.75) is 13.2 Å². The van der Waals surface area contributed by atoms with E-state index in [1.807, 2.05) is 66.7 Å². The molecular formula is C27H24N2O3. The summed E-state index contributed by atoms with van der Waals surface area (Å²) in [6.45, 7) is 0.815. The van der Waals surface area contributed by atoms with Gasteiger partial charge in [0.25, 0.3) is 0 Å². The average Bonchev–Trinajstić information content (AvgIpc) is 2.84. The highest BCUT2D eigenvalue weighted by Gasteiger charge is 2.06. The van der Waals surface area contributed by atoms with Crippen molar-refractivity contribution in [1.29, 1.82) is 0 Å². The van der Waals surface area contributed by atoms with E-state index in [2.05, 4.69) is 41.7 Å². The quantitative estimate of drug-likeness (QED) is 0.345. The minimum absolute atomic E-state index is 0.136. The molecule has 0 heterocycles. The molecule has 4 rings (SSSR count). The van der Waals surface area contributed by atoms with Gasteiger partial charge in [-0.2, -0.15) is 0 Å². The zero-order chi connectivity index (χ0) is 22.2. The van der Waals surface area contributed by atoms with E-state index in [9.17, 15) is 4.79 Å². The molecule has 0 aliphatic rings. The Labute approximate surface area is 187 Å². The number of para-hydroxylation sites is 2. The number of ether oxygens (including phenoxy) is 2. The number of rotatable bonds is 8. The van der Waals surface area contributed by atoms with Crippen molar-refractivity contribution in [3.8, 4) is 22.6 Å². The van der Waals surface area contributed by atoms with Gasteiger partial charge >= 0.3 is 6.09 Å². The number of nitrogens with one attached hydrogen (secondary N) is 1. The molecule has 3 N–H and O–H groups in total. The standard InChI is InChI=1S/C27H24N2O3/c28-27(30)31-19-21-12-16-24(17-13-21)32-26-9-5-4-8-25(26)29-18-20-10-14-23(15-11-20)22-6-2-1-3-7-22/h1-17,29H,18-19H2,(H2,28,30). The molecule has 4 aromatic carbocycles. The second-order valence-electron chi connectivity index (χ2n) is 7.27. The van der Waals surface area contributed by atoms with Crippen molar-refractivity contribution in [3.05, 3.63) is 114 Å². The van der Waals surface area contributed by atoms with Crippen LogP contribution in [0.4, 0.5) is 10.5 Å². The molecule has 4 aromatic rings. The lowest BCUT2D eigenvalue weighted by atomic mass is 10.0. The van der Waals surface area contributed by atoms with Gasteiger partial charge < -0.3 is 20.5 Å². The van der Waals surface area contributed by atoms with Crippen LogP contribution in [0, 0.1) is 0 Å². The van der Waals surface area contributed by atoms with Crippen LogP contribution in [0.15, 0.2) is 103 Å². The molecule has 5 heteroatoms. The van der Waals surface area contributed by atoms with Gasteiger partial charge in [-0.05, 0) is 46.5 Å². The summed E-state index contributed by atoms with van der Waals surface area (Å²) in [5.74, 6) is 1.42. The fraction of sp³-hybridized carbons (Fsp3) is 0.0741. The van der Waals surface area contributed by atoms with E-state index in [0.29, 0.717) is 12.3 Å². The van der Waals surface area contributed by atoms with E-state index in [1.54, 1.807) is 0 Å². The van der Waals surface area contributed by atoms with Gasteiger partial charge in [0.15, 0.2) is 5.75 Å². The van der Waals surface area contributed by atoms with Gasteiger partial charge in [0.1, 0.15) is 12.4 Å². The highest BCUT2D eigenvalue weighted by Crippen LogP contribution is 2.30. The topological polar surface area (TPSA) is 73.6 Å². The van der Waals surface area contributed by atoms with Crippen LogP contribution in [0.3, 0.4) is 0 Å². The lowest BCUT2D eigenvalue weighted by Gasteiger charge is -2.14. The maximum Gasteiger partial charge on any atom is 0.404 e. The number of carbonyl (C=O) groups is 1. The van der Waals surface area contributed by atoms with Gasteiger partial charge in [0.05, 0.1) is 5.69 Å². The zero-order valence-electron chi connectivity index (χ0n) is 17.5. The number of hydrogen-bond donors (Lipinski definition) is 2. The number of benzene rings is 4. The Morgan fingerprint density at radius 2 is 1.34 bits per heavy atom. The van der Waals surface area contributed by atoms with Crippen LogP contribution < -0.4 is 15.8 Å². The molecule has 0 aliphatic carbocycles. The first-order chi connectivity index (χ1) is 15.7. The summed E-state index contributed by atoms with van der Waals surface area (Å²) in [5.41, 5.74) is 10.3. The van der Waals surface area contributed by atoms with E-state index in [0.717, 1.165) is 17.0 Å². The molecule has 0 bridgehead atoms. The third-order valence-electron chi connectivity index (χ3n) is 4.96. The summed E-state index contributed by atoms with van der Waals surface area (Å²) >= 11 is 0. The van der Waals surface area contributed by atoms with Gasteiger partial charge in [0.2, 0.25) is 0 Å². The normalized spacial score (nSPS) is 10.4. The molecule has 0 saturated carbocycles. The lowest BCUT2D eigenvalue weighted by molar-refractivity contribution is 0.150. The molecule has 0 aliphatic heterocycles. The van der Waals surface area contributed by atoms with E-state index >= 15 is 0 Å². The number of nitrogens with two attached hydrogens (primary N) is 1. The fourth-order valence-electron chi connectivity index (χ4n) is 3.28. The molecule has 5 nitrogen and oxygen atoms in total. The van der Waals surface area contributed by atoms with Gasteiger partial charge in [-0.1, -0.05) is 78.9 Å². The Bertz CT molecular complexity index is 1160. The van der Waals surface area contributed by atoms with Crippen LogP contribution in [0.5, 0.6) is 11.5 Å². The molecular weight excluding hydrogens is 400 g/mol. The molecule has 0 unspecified atom stereocenters. The molecule has 0 fully saturated rings. The second kappa shape index (κ2) is 10.2. The first-order valence-corrected chi connectivity index (χ1v) is 10.3. The van der Waals surface area contributed by atoms with E-state index in [-0.39, 0.29) is 6.61 Å². The lowest BCUT2D eigenvalue weighted by Crippen LogP contribution is -2.12. The Morgan fingerprint density at radius 1 is 0.719 bits per heavy atom. The number of hydrogen-bond acceptors (Lipinski definition) is 4. The predicted octanol–water partition coefficient (Wildman–Crippen LogP) is 6.35. The maximum absolute atomic E-state index is 10.7. The Balaban J connectivity index is 1.39. The highest BCUT2D eigenvalue weighted by atomic mass is 16.5. The first-order valence-electron chi connectivity index (χ1n) is 10.3. The summed E-state index contributed by atoms with van der Waals surface area (Å²) in [4.78, 5) is 10.7. The van der Waals surface area contributed by atoms with Crippen molar-refractivity contribution in [2.24, 2.45) is 5.73 Å². The predicted molar refractivity (Wildman–Crippen MR) is 127 cm³/mol. The zero-order valence-corrected chi connectivity index (χ0v) is 17.5. The van der Waals surface area contributed by atoms with Crippen LogP contribution in [0.2, 0.25) is 0 Å². The van der Waals surface area contributed by atoms with Gasteiger partial charge in [0, 0.05) is 6.54 Å². The third kappa shape index (κ3) is 5.67. The van der Waals surface area contributed by atoms with Crippen molar-refractivity contribution >= 4 is 11.8 Å². The molecule has 160 valence electrons. The fourth-order valence-corrected chi connectivity index (χ4v) is 3.28. The summed E-state index contributed by atoms with van der Waals surface area (Å²) in [7, 11) is 0. The van der Waals surface area contributed by atoms with Gasteiger partial charge in [-0.25, -0.2) is 4.79 Å². The highest BCUT2D eigenvalue weighted by molar-refractivity contribution is 5.65. The van der Waals surface area contributed by atoms with Crippen LogP contribution in [0.1, 0.15) is 11.1 Å². The molecule has 1 amide bonds. The van der Waals surface area contributed by atoms with Crippen molar-refractivity contribution < 1.29 is 14.3 Å². The molecule has 0 spiro atoms. The van der Waals surface area contributed by atoms with Crippen molar-refractivity contribution in [2.75, 3.05) is 5.32 Å². The Morgan fingerprint density at radius 3 is 2.06 bits per heavy atom. The maximum atomic E-state index is 10.7. The van der Waals surface area contributed by atoms with Crippen LogP contribution in [-0.2, 0) is 17.9 Å². The largest absolute Gasteiger partial charge is 0.455 e. The Kier molecular flexibility index (Phi) is 6.68. The van der Waals surface area contributed by atoms with Crippen molar-refractivity contribution in [1.82, 2.24) is 0 Å². The summed E-state index contributed by atoms with van der Waals surface area (Å²) < 4.78 is 10.9. The number of amides is 1. The number of carbonyl (C=O) groups excluding carboxylic acids is 1. The molecule has 0 radical (unpaired) electrons. The summed E-state index contributed by atoms with van der Waals surface area (Å²) in [6.07, 6.45) is -0.792. The molecule has 0 atom stereocenters. The second-order valence-corrected chi connectivity index (χ2v) is 7.27. The number of anilines is 1. The monoisotopic (exact) mass is 424 g/mol. The third-order valence-corrected chi connectivity index (χ3v) is 4.96. The number of primary amides is 1. The minimum atomic E-state index is -0.792. The van der Waals surface area contributed by atoms with Crippen LogP contribution >= 0.6 is 0 Å². The smallest absolute Gasteiger partial charge is 0.404 e. The van der Waals surface area contributed by atoms with Crippen LogP contribution in [0.25, 0.3) is 11.1 Å². The molecule has 0 saturated heterocycles. The average molecular weight is 425 g/mol. The van der Waals surface area contributed by atoms with Gasteiger partial charge in [-0.3, -0.25) is 0 Å². The first kappa shape index (κ1) is 21.0. The van der Waals surface area contributed by atoms with E-state index in [1.165, 1.54) is 16.7 Å². The van der Waals surface area contributed by atoms with Gasteiger partial charge in [-0.15, -0.1) is 0 Å². The van der Waals surface area contributed by atoms with E-state index < -0.39 is 6.09 Å². The Hall–Kier alpha value is -4.25.